The van der Waals surface area contributed by atoms with Crippen LogP contribution < -0.4 is 9.47 Å². The summed E-state index contributed by atoms with van der Waals surface area (Å²) in [5, 5.41) is 0. The van der Waals surface area contributed by atoms with Gasteiger partial charge in [-0.2, -0.15) is 0 Å². The Morgan fingerprint density at radius 3 is 1.25 bits per heavy atom. The molecule has 174 valence electrons. The van der Waals surface area contributed by atoms with Crippen molar-refractivity contribution in [2.24, 2.45) is 0 Å². The summed E-state index contributed by atoms with van der Waals surface area (Å²) in [4.78, 5) is 22.9. The van der Waals surface area contributed by atoms with Gasteiger partial charge in [0, 0.05) is 0 Å². The molecule has 0 aliphatic carbocycles. The Kier molecular flexibility index (Phi) is 10.6. The van der Waals surface area contributed by atoms with Crippen LogP contribution in [0.1, 0.15) is 63.5 Å². The molecule has 0 aromatic heterocycles. The molecule has 0 radical (unpaired) electrons. The van der Waals surface area contributed by atoms with Gasteiger partial charge in [0.15, 0.2) is 13.2 Å². The minimum atomic E-state index is -0.372. The van der Waals surface area contributed by atoms with Crippen LogP contribution in [0.25, 0.3) is 0 Å². The van der Waals surface area contributed by atoms with E-state index in [9.17, 15) is 9.59 Å². The molecule has 0 bridgehead atoms. The van der Waals surface area contributed by atoms with Crippen molar-refractivity contribution in [2.45, 2.75) is 52.4 Å². The molecular formula is C26H34O6. The summed E-state index contributed by atoms with van der Waals surface area (Å²) in [6, 6.07) is 15.9. The third kappa shape index (κ3) is 7.59. The molecule has 2 rings (SSSR count). The van der Waals surface area contributed by atoms with Crippen molar-refractivity contribution in [1.29, 1.82) is 0 Å². The number of benzene rings is 2. The molecule has 0 spiro atoms. The molecule has 0 fully saturated rings. The van der Waals surface area contributed by atoms with E-state index in [1.165, 1.54) is 11.1 Å². The lowest BCUT2D eigenvalue weighted by atomic mass is 9.78. The monoisotopic (exact) mass is 442 g/mol. The maximum atomic E-state index is 11.5. The van der Waals surface area contributed by atoms with Crippen molar-refractivity contribution in [3.8, 4) is 11.5 Å². The Morgan fingerprint density at radius 2 is 0.969 bits per heavy atom. The van der Waals surface area contributed by atoms with Gasteiger partial charge in [0.2, 0.25) is 0 Å². The second-order valence-electron chi connectivity index (χ2n) is 7.35. The summed E-state index contributed by atoms with van der Waals surface area (Å²) in [5.41, 5.74) is 2.45. The first-order valence-electron chi connectivity index (χ1n) is 11.3. The Labute approximate surface area is 190 Å². The maximum Gasteiger partial charge on any atom is 0.344 e. The predicted molar refractivity (Wildman–Crippen MR) is 123 cm³/mol. The predicted octanol–water partition coefficient (Wildman–Crippen LogP) is 5.26. The fourth-order valence-corrected chi connectivity index (χ4v) is 3.82. The molecule has 0 saturated carbocycles. The van der Waals surface area contributed by atoms with Crippen molar-refractivity contribution in [2.75, 3.05) is 26.4 Å². The van der Waals surface area contributed by atoms with Crippen LogP contribution in [0, 0.1) is 0 Å². The summed E-state index contributed by atoms with van der Waals surface area (Å²) in [5.74, 6) is 1.23. The molecule has 0 aliphatic heterocycles. The van der Waals surface area contributed by atoms with E-state index >= 15 is 0 Å². The molecule has 0 heterocycles. The van der Waals surface area contributed by atoms with Gasteiger partial charge >= 0.3 is 11.9 Å². The smallest absolute Gasteiger partial charge is 0.344 e. The fraction of sp³-hybridized carbons (Fsp3) is 0.462. The molecule has 0 N–H and O–H groups in total. The number of carbonyl (C=O) groups is 2. The van der Waals surface area contributed by atoms with E-state index in [-0.39, 0.29) is 25.2 Å². The number of esters is 2. The average Bonchev–Trinajstić information content (AvgIpc) is 2.81. The SMILES string of the molecule is CCOC(=O)COc1ccc(C(CC)C(CC)c2ccc(OCC(=O)OCC)cc2)cc1. The number of hydrogen-bond donors (Lipinski definition) is 0. The summed E-state index contributed by atoms with van der Waals surface area (Å²) in [6.07, 6.45) is 1.98. The van der Waals surface area contributed by atoms with E-state index in [0.29, 0.717) is 36.5 Å². The third-order valence-electron chi connectivity index (χ3n) is 5.31. The Bertz CT molecular complexity index is 757. The van der Waals surface area contributed by atoms with E-state index < -0.39 is 0 Å². The first-order valence-corrected chi connectivity index (χ1v) is 11.3. The van der Waals surface area contributed by atoms with Gasteiger partial charge in [-0.1, -0.05) is 38.1 Å². The van der Waals surface area contributed by atoms with Gasteiger partial charge < -0.3 is 18.9 Å². The highest BCUT2D eigenvalue weighted by atomic mass is 16.6. The summed E-state index contributed by atoms with van der Waals surface area (Å²) < 4.78 is 20.8. The molecule has 6 nitrogen and oxygen atoms in total. The largest absolute Gasteiger partial charge is 0.482 e. The molecule has 0 amide bonds. The Balaban J connectivity index is 2.04. The molecular weight excluding hydrogens is 408 g/mol. The van der Waals surface area contributed by atoms with Crippen LogP contribution in [0.5, 0.6) is 11.5 Å². The molecule has 2 atom stereocenters. The molecule has 2 unspecified atom stereocenters. The van der Waals surface area contributed by atoms with Crippen LogP contribution in [0.4, 0.5) is 0 Å². The molecule has 32 heavy (non-hydrogen) atoms. The molecule has 2 aromatic carbocycles. The number of rotatable bonds is 13. The molecule has 0 aliphatic rings. The van der Waals surface area contributed by atoms with Crippen molar-refractivity contribution in [3.05, 3.63) is 59.7 Å². The van der Waals surface area contributed by atoms with Gasteiger partial charge in [-0.15, -0.1) is 0 Å². The van der Waals surface area contributed by atoms with Crippen molar-refractivity contribution in [1.82, 2.24) is 0 Å². The highest BCUT2D eigenvalue weighted by Gasteiger charge is 2.22. The van der Waals surface area contributed by atoms with Gasteiger partial charge in [0.25, 0.3) is 0 Å². The third-order valence-corrected chi connectivity index (χ3v) is 5.31. The fourth-order valence-electron chi connectivity index (χ4n) is 3.82. The second kappa shape index (κ2) is 13.4. The minimum absolute atomic E-state index is 0.0907. The zero-order valence-corrected chi connectivity index (χ0v) is 19.5. The topological polar surface area (TPSA) is 71.1 Å². The zero-order valence-electron chi connectivity index (χ0n) is 19.5. The zero-order chi connectivity index (χ0) is 23.3. The van der Waals surface area contributed by atoms with Crippen LogP contribution in [-0.4, -0.2) is 38.4 Å². The lowest BCUT2D eigenvalue weighted by Gasteiger charge is -2.26. The van der Waals surface area contributed by atoms with Crippen LogP contribution >= 0.6 is 0 Å². The Hall–Kier alpha value is -3.02. The molecule has 2 aromatic rings. The lowest BCUT2D eigenvalue weighted by molar-refractivity contribution is -0.146. The van der Waals surface area contributed by atoms with Crippen molar-refractivity contribution < 1.29 is 28.5 Å². The van der Waals surface area contributed by atoms with Gasteiger partial charge in [-0.25, -0.2) is 9.59 Å². The van der Waals surface area contributed by atoms with Crippen LogP contribution in [0.3, 0.4) is 0 Å². The summed E-state index contributed by atoms with van der Waals surface area (Å²) >= 11 is 0. The first-order chi connectivity index (χ1) is 15.5. The quantitative estimate of drug-likeness (QED) is 0.394. The highest BCUT2D eigenvalue weighted by molar-refractivity contribution is 5.71. The van der Waals surface area contributed by atoms with Gasteiger partial charge in [-0.3, -0.25) is 0 Å². The van der Waals surface area contributed by atoms with Crippen molar-refractivity contribution in [3.63, 3.8) is 0 Å². The van der Waals surface area contributed by atoms with E-state index in [0.717, 1.165) is 12.8 Å². The van der Waals surface area contributed by atoms with Crippen LogP contribution in [-0.2, 0) is 19.1 Å². The summed E-state index contributed by atoms with van der Waals surface area (Å²) in [6.45, 7) is 8.42. The molecule has 0 saturated heterocycles. The first kappa shape index (κ1) is 25.2. The minimum Gasteiger partial charge on any atom is -0.482 e. The van der Waals surface area contributed by atoms with E-state index in [4.69, 9.17) is 18.9 Å². The van der Waals surface area contributed by atoms with Crippen molar-refractivity contribution >= 4 is 11.9 Å². The standard InChI is InChI=1S/C26H34O6/c1-5-23(19-9-13-21(14-10-19)31-17-25(27)29-7-3)24(6-2)20-11-15-22(16-12-20)32-18-26(28)30-8-4/h9-16,23-24H,5-8,17-18H2,1-4H3. The Morgan fingerprint density at radius 1 is 0.625 bits per heavy atom. The normalized spacial score (nSPS) is 12.5. The average molecular weight is 443 g/mol. The second-order valence-corrected chi connectivity index (χ2v) is 7.35. The van der Waals surface area contributed by atoms with E-state index in [1.807, 2.05) is 24.3 Å². The van der Waals surface area contributed by atoms with Gasteiger partial charge in [0.05, 0.1) is 13.2 Å². The van der Waals surface area contributed by atoms with Crippen LogP contribution in [0.15, 0.2) is 48.5 Å². The van der Waals surface area contributed by atoms with Gasteiger partial charge in [0.1, 0.15) is 11.5 Å². The maximum absolute atomic E-state index is 11.5. The van der Waals surface area contributed by atoms with E-state index in [1.54, 1.807) is 13.8 Å². The number of hydrogen-bond acceptors (Lipinski definition) is 6. The number of ether oxygens (including phenoxy) is 4. The summed E-state index contributed by atoms with van der Waals surface area (Å²) in [7, 11) is 0. The lowest BCUT2D eigenvalue weighted by Crippen LogP contribution is -2.15. The van der Waals surface area contributed by atoms with Crippen LogP contribution in [0.2, 0.25) is 0 Å². The molecule has 6 heteroatoms. The van der Waals surface area contributed by atoms with Gasteiger partial charge in [-0.05, 0) is 73.9 Å². The van der Waals surface area contributed by atoms with E-state index in [2.05, 4.69) is 38.1 Å². The highest BCUT2D eigenvalue weighted by Crippen LogP contribution is 2.38. The number of carbonyl (C=O) groups excluding carboxylic acids is 2.